The Morgan fingerprint density at radius 2 is 1.32 bits per heavy atom. The van der Waals surface area contributed by atoms with Crippen molar-refractivity contribution in [2.24, 2.45) is 0 Å². The van der Waals surface area contributed by atoms with E-state index in [-0.39, 0.29) is 10.8 Å². The van der Waals surface area contributed by atoms with E-state index >= 15 is 0 Å². The SMILES string of the molecule is CC(C)(C)c1cc(SC2CCCCC2)cc(C(C)(C)C)c1O. The van der Waals surface area contributed by atoms with Crippen LogP contribution >= 0.6 is 11.8 Å². The molecule has 0 unspecified atom stereocenters. The second-order valence-corrected chi connectivity index (χ2v) is 10.1. The smallest absolute Gasteiger partial charge is 0.123 e. The van der Waals surface area contributed by atoms with Crippen LogP contribution in [0.5, 0.6) is 5.75 Å². The van der Waals surface area contributed by atoms with Gasteiger partial charge in [-0.25, -0.2) is 0 Å². The molecule has 22 heavy (non-hydrogen) atoms. The van der Waals surface area contributed by atoms with Gasteiger partial charge < -0.3 is 5.11 Å². The Hall–Kier alpha value is -0.630. The molecule has 2 rings (SSSR count). The summed E-state index contributed by atoms with van der Waals surface area (Å²) in [6, 6.07) is 4.45. The zero-order valence-electron chi connectivity index (χ0n) is 15.1. The van der Waals surface area contributed by atoms with E-state index in [0.29, 0.717) is 5.75 Å². The molecule has 0 radical (unpaired) electrons. The maximum atomic E-state index is 10.8. The molecule has 0 bridgehead atoms. The quantitative estimate of drug-likeness (QED) is 0.679. The lowest BCUT2D eigenvalue weighted by atomic mass is 9.79. The molecule has 1 aliphatic rings. The summed E-state index contributed by atoms with van der Waals surface area (Å²) in [6.07, 6.45) is 6.80. The van der Waals surface area contributed by atoms with Gasteiger partial charge in [0.1, 0.15) is 5.75 Å². The maximum Gasteiger partial charge on any atom is 0.123 e. The Labute approximate surface area is 140 Å². The van der Waals surface area contributed by atoms with Gasteiger partial charge in [0.05, 0.1) is 0 Å². The van der Waals surface area contributed by atoms with Crippen molar-refractivity contribution in [2.75, 3.05) is 0 Å². The first-order valence-electron chi connectivity index (χ1n) is 8.63. The topological polar surface area (TPSA) is 20.2 Å². The average molecular weight is 321 g/mol. The van der Waals surface area contributed by atoms with E-state index in [1.807, 2.05) is 11.8 Å². The predicted octanol–water partition coefficient (Wildman–Crippen LogP) is 6.41. The molecule has 0 aromatic heterocycles. The van der Waals surface area contributed by atoms with Crippen LogP contribution in [0.25, 0.3) is 0 Å². The fourth-order valence-corrected chi connectivity index (χ4v) is 4.52. The Bertz CT molecular complexity index is 478. The predicted molar refractivity (Wildman–Crippen MR) is 98.2 cm³/mol. The maximum absolute atomic E-state index is 10.8. The molecular formula is C20H32OS. The van der Waals surface area contributed by atoms with Crippen molar-refractivity contribution in [3.05, 3.63) is 23.3 Å². The Kier molecular flexibility index (Phi) is 5.21. The van der Waals surface area contributed by atoms with Gasteiger partial charge in [0, 0.05) is 21.3 Å². The Balaban J connectivity index is 2.41. The van der Waals surface area contributed by atoms with Crippen molar-refractivity contribution in [3.63, 3.8) is 0 Å². The second kappa shape index (κ2) is 6.47. The van der Waals surface area contributed by atoms with E-state index in [9.17, 15) is 5.11 Å². The van der Waals surface area contributed by atoms with Crippen LogP contribution in [0.2, 0.25) is 0 Å². The van der Waals surface area contributed by atoms with Gasteiger partial charge in [-0.3, -0.25) is 0 Å². The highest BCUT2D eigenvalue weighted by atomic mass is 32.2. The molecule has 0 atom stereocenters. The van der Waals surface area contributed by atoms with E-state index in [1.54, 1.807) is 0 Å². The molecule has 1 N–H and O–H groups in total. The number of rotatable bonds is 2. The van der Waals surface area contributed by atoms with Gasteiger partial charge in [-0.15, -0.1) is 11.8 Å². The third kappa shape index (κ3) is 4.22. The van der Waals surface area contributed by atoms with Crippen molar-refractivity contribution in [3.8, 4) is 5.75 Å². The summed E-state index contributed by atoms with van der Waals surface area (Å²) in [5.74, 6) is 0.494. The molecule has 124 valence electrons. The van der Waals surface area contributed by atoms with E-state index < -0.39 is 0 Å². The van der Waals surface area contributed by atoms with Crippen LogP contribution < -0.4 is 0 Å². The standard InChI is InChI=1S/C20H32OS/c1-19(2,3)16-12-15(22-14-10-8-7-9-11-14)13-17(18(16)21)20(4,5)6/h12-14,21H,7-11H2,1-6H3. The minimum absolute atomic E-state index is 0.0345. The lowest BCUT2D eigenvalue weighted by Crippen LogP contribution is -2.17. The first kappa shape index (κ1) is 17.7. The molecule has 1 aromatic carbocycles. The Morgan fingerprint density at radius 3 is 1.73 bits per heavy atom. The van der Waals surface area contributed by atoms with E-state index in [1.165, 1.54) is 37.0 Å². The second-order valence-electron chi connectivity index (χ2n) is 8.74. The number of hydrogen-bond acceptors (Lipinski definition) is 2. The molecule has 0 heterocycles. The lowest BCUT2D eigenvalue weighted by molar-refractivity contribution is 0.422. The zero-order chi connectivity index (χ0) is 16.5. The van der Waals surface area contributed by atoms with Crippen molar-refractivity contribution < 1.29 is 5.11 Å². The van der Waals surface area contributed by atoms with Gasteiger partial charge >= 0.3 is 0 Å². The first-order valence-corrected chi connectivity index (χ1v) is 9.51. The third-order valence-corrected chi connectivity index (χ3v) is 5.87. The molecular weight excluding hydrogens is 288 g/mol. The van der Waals surface area contributed by atoms with Crippen molar-refractivity contribution in [1.29, 1.82) is 0 Å². The van der Waals surface area contributed by atoms with Crippen LogP contribution in [0.4, 0.5) is 0 Å². The molecule has 0 amide bonds. The molecule has 0 spiro atoms. The number of phenols is 1. The summed E-state index contributed by atoms with van der Waals surface area (Å²) >= 11 is 2.02. The molecule has 1 nitrogen and oxygen atoms in total. The van der Waals surface area contributed by atoms with Gasteiger partial charge in [0.25, 0.3) is 0 Å². The van der Waals surface area contributed by atoms with E-state index in [2.05, 4.69) is 53.7 Å². The van der Waals surface area contributed by atoms with Crippen LogP contribution in [0, 0.1) is 0 Å². The normalized spacial score (nSPS) is 17.7. The monoisotopic (exact) mass is 320 g/mol. The number of aromatic hydroxyl groups is 1. The minimum atomic E-state index is -0.0345. The van der Waals surface area contributed by atoms with Crippen molar-refractivity contribution >= 4 is 11.8 Å². The Morgan fingerprint density at radius 1 is 0.864 bits per heavy atom. The van der Waals surface area contributed by atoms with Crippen LogP contribution in [-0.4, -0.2) is 10.4 Å². The van der Waals surface area contributed by atoms with E-state index in [4.69, 9.17) is 0 Å². The third-order valence-electron chi connectivity index (χ3n) is 4.55. The van der Waals surface area contributed by atoms with Gasteiger partial charge in [-0.2, -0.15) is 0 Å². The molecule has 0 saturated heterocycles. The molecule has 1 aliphatic carbocycles. The van der Waals surface area contributed by atoms with Gasteiger partial charge in [-0.05, 0) is 35.8 Å². The highest BCUT2D eigenvalue weighted by molar-refractivity contribution is 8.00. The summed E-state index contributed by atoms with van der Waals surface area (Å²) in [7, 11) is 0. The summed E-state index contributed by atoms with van der Waals surface area (Å²) in [5, 5.41) is 11.5. The van der Waals surface area contributed by atoms with Gasteiger partial charge in [0.15, 0.2) is 0 Å². The molecule has 1 fully saturated rings. The number of benzene rings is 1. The number of hydrogen-bond donors (Lipinski definition) is 1. The highest BCUT2D eigenvalue weighted by Crippen LogP contribution is 2.43. The van der Waals surface area contributed by atoms with Crippen molar-refractivity contribution in [2.45, 2.75) is 94.6 Å². The molecule has 0 aliphatic heterocycles. The van der Waals surface area contributed by atoms with Gasteiger partial charge in [0.2, 0.25) is 0 Å². The van der Waals surface area contributed by atoms with Crippen LogP contribution in [-0.2, 0) is 10.8 Å². The number of thioether (sulfide) groups is 1. The fourth-order valence-electron chi connectivity index (χ4n) is 3.19. The largest absolute Gasteiger partial charge is 0.507 e. The van der Waals surface area contributed by atoms with Crippen LogP contribution in [0.3, 0.4) is 0 Å². The molecule has 1 aromatic rings. The minimum Gasteiger partial charge on any atom is -0.507 e. The first-order chi connectivity index (χ1) is 10.1. The van der Waals surface area contributed by atoms with Crippen molar-refractivity contribution in [1.82, 2.24) is 0 Å². The summed E-state index contributed by atoms with van der Waals surface area (Å²) in [6.45, 7) is 13.1. The average Bonchev–Trinajstić information content (AvgIpc) is 2.39. The summed E-state index contributed by atoms with van der Waals surface area (Å²) in [4.78, 5) is 1.33. The number of phenolic OH excluding ortho intramolecular Hbond substituents is 1. The summed E-state index contributed by atoms with van der Waals surface area (Å²) < 4.78 is 0. The van der Waals surface area contributed by atoms with Crippen LogP contribution in [0.1, 0.15) is 84.8 Å². The van der Waals surface area contributed by atoms with E-state index in [0.717, 1.165) is 16.4 Å². The fraction of sp³-hybridized carbons (Fsp3) is 0.700. The zero-order valence-corrected chi connectivity index (χ0v) is 15.9. The molecule has 1 saturated carbocycles. The lowest BCUT2D eigenvalue weighted by Gasteiger charge is -2.29. The van der Waals surface area contributed by atoms with Gasteiger partial charge in [-0.1, -0.05) is 60.8 Å². The highest BCUT2D eigenvalue weighted by Gasteiger charge is 2.27. The summed E-state index contributed by atoms with van der Waals surface area (Å²) in [5.41, 5.74) is 2.09. The molecule has 2 heteroatoms. The van der Waals surface area contributed by atoms with Crippen LogP contribution in [0.15, 0.2) is 17.0 Å².